The molecule has 7 heteroatoms. The zero-order valence-corrected chi connectivity index (χ0v) is 16.6. The van der Waals surface area contributed by atoms with E-state index in [9.17, 15) is 14.9 Å². The smallest absolute Gasteiger partial charge is 0.319 e. The van der Waals surface area contributed by atoms with Crippen LogP contribution >= 0.6 is 23.4 Å². The summed E-state index contributed by atoms with van der Waals surface area (Å²) in [6.45, 7) is 0. The number of hydrogen-bond acceptors (Lipinski definition) is 5. The van der Waals surface area contributed by atoms with Gasteiger partial charge in [-0.25, -0.2) is 0 Å². The Morgan fingerprint density at radius 1 is 1.21 bits per heavy atom. The maximum absolute atomic E-state index is 12.7. The Hall–Kier alpha value is -2.75. The van der Waals surface area contributed by atoms with Gasteiger partial charge in [0, 0.05) is 16.7 Å². The third-order valence-electron chi connectivity index (χ3n) is 4.44. The van der Waals surface area contributed by atoms with E-state index in [-0.39, 0.29) is 0 Å². The molecule has 2 aromatic rings. The Morgan fingerprint density at radius 3 is 2.50 bits per heavy atom. The summed E-state index contributed by atoms with van der Waals surface area (Å²) in [5.74, 6) is -2.46. The van der Waals surface area contributed by atoms with Crippen molar-refractivity contribution < 1.29 is 14.3 Å². The van der Waals surface area contributed by atoms with Crippen LogP contribution in [0.2, 0.25) is 5.02 Å². The van der Waals surface area contributed by atoms with Crippen molar-refractivity contribution in [3.63, 3.8) is 0 Å². The first-order valence-electron chi connectivity index (χ1n) is 8.50. The quantitative estimate of drug-likeness (QED) is 0.592. The van der Waals surface area contributed by atoms with Crippen molar-refractivity contribution in [2.75, 3.05) is 7.11 Å². The van der Waals surface area contributed by atoms with Gasteiger partial charge in [0.25, 0.3) is 0 Å². The van der Waals surface area contributed by atoms with Crippen molar-refractivity contribution in [2.24, 2.45) is 5.92 Å². The minimum Gasteiger partial charge on any atom is -0.468 e. The van der Waals surface area contributed by atoms with Gasteiger partial charge in [-0.15, -0.1) is 11.8 Å². The monoisotopic (exact) mass is 412 g/mol. The number of nitrogens with zero attached hydrogens (tertiary/aromatic N) is 1. The highest BCUT2D eigenvalue weighted by atomic mass is 35.5. The molecule has 0 saturated heterocycles. The molecule has 0 unspecified atom stereocenters. The topological polar surface area (TPSA) is 79.2 Å². The largest absolute Gasteiger partial charge is 0.468 e. The molecular weight excluding hydrogens is 396 g/mol. The number of carbonyl (C=O) groups excluding carboxylic acids is 2. The molecule has 0 aliphatic carbocycles. The van der Waals surface area contributed by atoms with Crippen LogP contribution in [0.5, 0.6) is 0 Å². The van der Waals surface area contributed by atoms with Crippen LogP contribution in [0.4, 0.5) is 0 Å². The Bertz CT molecular complexity index is 952. The van der Waals surface area contributed by atoms with Gasteiger partial charge in [-0.2, -0.15) is 5.26 Å². The van der Waals surface area contributed by atoms with E-state index in [0.717, 1.165) is 5.56 Å². The van der Waals surface area contributed by atoms with E-state index in [1.165, 1.54) is 18.9 Å². The zero-order valence-electron chi connectivity index (χ0n) is 15.0. The highest BCUT2D eigenvalue weighted by Crippen LogP contribution is 2.41. The van der Waals surface area contributed by atoms with Crippen molar-refractivity contribution in [3.05, 3.63) is 81.3 Å². The van der Waals surface area contributed by atoms with E-state index in [1.807, 2.05) is 30.3 Å². The molecule has 0 bridgehead atoms. The number of nitrogens with one attached hydrogen (secondary N) is 1. The Morgan fingerprint density at radius 2 is 1.89 bits per heavy atom. The summed E-state index contributed by atoms with van der Waals surface area (Å²) in [5.41, 5.74) is 2.05. The number of benzene rings is 2. The third-order valence-corrected chi connectivity index (χ3v) is 5.78. The normalized spacial score (nSPS) is 19.0. The molecule has 0 fully saturated rings. The second kappa shape index (κ2) is 8.96. The fourth-order valence-electron chi connectivity index (χ4n) is 3.08. The molecule has 0 radical (unpaired) electrons. The lowest BCUT2D eigenvalue weighted by molar-refractivity contribution is -0.150. The fraction of sp³-hybridized carbons (Fsp3) is 0.190. The Labute approximate surface area is 172 Å². The predicted molar refractivity (Wildman–Crippen MR) is 108 cm³/mol. The van der Waals surface area contributed by atoms with Gasteiger partial charge in [0.2, 0.25) is 5.91 Å². The maximum atomic E-state index is 12.7. The number of amides is 1. The molecular formula is C21H17ClN2O3S. The van der Waals surface area contributed by atoms with Gasteiger partial charge < -0.3 is 10.1 Å². The second-order valence-electron chi connectivity index (χ2n) is 6.15. The highest BCUT2D eigenvalue weighted by molar-refractivity contribution is 8.02. The molecule has 1 aliphatic rings. The number of ether oxygens (including phenoxy) is 1. The number of nitriles is 1. The van der Waals surface area contributed by atoms with Gasteiger partial charge in [-0.1, -0.05) is 54.1 Å². The van der Waals surface area contributed by atoms with Crippen LogP contribution in [0, 0.1) is 17.2 Å². The Balaban J connectivity index is 2.02. The highest BCUT2D eigenvalue weighted by Gasteiger charge is 2.44. The van der Waals surface area contributed by atoms with Crippen LogP contribution in [0.3, 0.4) is 0 Å². The fourth-order valence-corrected chi connectivity index (χ4v) is 4.21. The number of halogens is 1. The van der Waals surface area contributed by atoms with Crippen molar-refractivity contribution >= 4 is 35.2 Å². The molecule has 0 saturated carbocycles. The van der Waals surface area contributed by atoms with Crippen LogP contribution in [0.25, 0.3) is 0 Å². The second-order valence-corrected chi connectivity index (χ2v) is 7.57. The lowest BCUT2D eigenvalue weighted by Crippen LogP contribution is -2.44. The minimum atomic E-state index is -1.14. The van der Waals surface area contributed by atoms with E-state index >= 15 is 0 Å². The molecule has 3 rings (SSSR count). The van der Waals surface area contributed by atoms with Gasteiger partial charge in [0.15, 0.2) is 0 Å². The van der Waals surface area contributed by atoms with E-state index in [4.69, 9.17) is 16.3 Å². The first-order chi connectivity index (χ1) is 13.5. The van der Waals surface area contributed by atoms with Crippen molar-refractivity contribution in [3.8, 4) is 6.07 Å². The van der Waals surface area contributed by atoms with Crippen LogP contribution in [0.15, 0.2) is 65.2 Å². The molecule has 2 atom stereocenters. The SMILES string of the molecule is COC(=O)[C@H]1C(=O)NC(SCc2ccccc2)=C(C#N)[C@@H]1c1ccc(Cl)cc1. The van der Waals surface area contributed by atoms with Gasteiger partial charge in [-0.3, -0.25) is 9.59 Å². The first kappa shape index (κ1) is 20.0. The third kappa shape index (κ3) is 4.22. The average Bonchev–Trinajstić information content (AvgIpc) is 2.72. The molecule has 1 aliphatic heterocycles. The van der Waals surface area contributed by atoms with Gasteiger partial charge in [0.05, 0.1) is 23.8 Å². The summed E-state index contributed by atoms with van der Waals surface area (Å²) >= 11 is 7.33. The molecule has 142 valence electrons. The van der Waals surface area contributed by atoms with E-state index in [2.05, 4.69) is 11.4 Å². The summed E-state index contributed by atoms with van der Waals surface area (Å²) in [5, 5.41) is 13.6. The molecule has 1 heterocycles. The Kier molecular flexibility index (Phi) is 6.40. The first-order valence-corrected chi connectivity index (χ1v) is 9.86. The van der Waals surface area contributed by atoms with E-state index < -0.39 is 23.7 Å². The van der Waals surface area contributed by atoms with Crippen molar-refractivity contribution in [1.82, 2.24) is 5.32 Å². The number of thioether (sulfide) groups is 1. The number of esters is 1. The molecule has 1 amide bonds. The molecule has 28 heavy (non-hydrogen) atoms. The van der Waals surface area contributed by atoms with Crippen LogP contribution < -0.4 is 5.32 Å². The molecule has 0 aromatic heterocycles. The summed E-state index contributed by atoms with van der Waals surface area (Å²) in [4.78, 5) is 25.1. The van der Waals surface area contributed by atoms with Crippen LogP contribution in [-0.2, 0) is 20.1 Å². The number of allylic oxidation sites excluding steroid dienone is 1. The summed E-state index contributed by atoms with van der Waals surface area (Å²) in [6.07, 6.45) is 0. The van der Waals surface area contributed by atoms with E-state index in [1.54, 1.807) is 24.3 Å². The minimum absolute atomic E-state index is 0.332. The number of rotatable bonds is 5. The average molecular weight is 413 g/mol. The number of hydrogen-bond donors (Lipinski definition) is 1. The maximum Gasteiger partial charge on any atom is 0.319 e. The van der Waals surface area contributed by atoms with Gasteiger partial charge in [0.1, 0.15) is 5.92 Å². The standard InChI is InChI=1S/C21H17ClN2O3S/c1-27-21(26)18-17(14-7-9-15(22)10-8-14)16(11-23)20(24-19(18)25)28-12-13-5-3-2-4-6-13/h2-10,17-18H,12H2,1H3,(H,24,25)/t17-,18+/m0/s1. The van der Waals surface area contributed by atoms with E-state index in [0.29, 0.717) is 26.9 Å². The summed E-state index contributed by atoms with van der Waals surface area (Å²) in [7, 11) is 1.23. The van der Waals surface area contributed by atoms with Crippen molar-refractivity contribution in [1.29, 1.82) is 5.26 Å². The van der Waals surface area contributed by atoms with Gasteiger partial charge in [-0.05, 0) is 23.3 Å². The zero-order chi connectivity index (χ0) is 20.1. The number of methoxy groups -OCH3 is 1. The van der Waals surface area contributed by atoms with Crippen LogP contribution in [-0.4, -0.2) is 19.0 Å². The van der Waals surface area contributed by atoms with Gasteiger partial charge >= 0.3 is 5.97 Å². The summed E-state index contributed by atoms with van der Waals surface area (Å²) < 4.78 is 4.83. The molecule has 0 spiro atoms. The van der Waals surface area contributed by atoms with Crippen molar-refractivity contribution in [2.45, 2.75) is 11.7 Å². The molecule has 5 nitrogen and oxygen atoms in total. The van der Waals surface area contributed by atoms with Crippen LogP contribution in [0.1, 0.15) is 17.0 Å². The number of carbonyl (C=O) groups is 2. The lowest BCUT2D eigenvalue weighted by Gasteiger charge is -2.31. The molecule has 1 N–H and O–H groups in total. The molecule has 2 aromatic carbocycles. The predicted octanol–water partition coefficient (Wildman–Crippen LogP) is 4.01. The summed E-state index contributed by atoms with van der Waals surface area (Å²) in [6, 6.07) is 18.7. The lowest BCUT2D eigenvalue weighted by atomic mass is 9.78.